The summed E-state index contributed by atoms with van der Waals surface area (Å²) in [6.45, 7) is 6.50. The number of hydrogen-bond acceptors (Lipinski definition) is 1. The third kappa shape index (κ3) is 1.58. The molecule has 0 aliphatic heterocycles. The molecule has 0 aliphatic carbocycles. The van der Waals surface area contributed by atoms with Crippen LogP contribution in [0.2, 0.25) is 0 Å². The molecule has 0 saturated carbocycles. The number of benzene rings is 1. The number of imidazole rings is 1. The summed E-state index contributed by atoms with van der Waals surface area (Å²) in [5.74, 6) is 0. The molecule has 0 fully saturated rings. The van der Waals surface area contributed by atoms with E-state index in [1.165, 1.54) is 5.56 Å². The van der Waals surface area contributed by atoms with Crippen molar-refractivity contribution < 1.29 is 0 Å². The van der Waals surface area contributed by atoms with Crippen molar-refractivity contribution in [2.75, 3.05) is 0 Å². The number of aromatic nitrogens is 2. The number of rotatable bonds is 0. The highest BCUT2D eigenvalue weighted by molar-refractivity contribution is 5.76. The Kier molecular flexibility index (Phi) is 2.00. The first kappa shape index (κ1) is 10.0. The Bertz CT molecular complexity index is 555. The van der Waals surface area contributed by atoms with E-state index in [4.69, 9.17) is 0 Å². The van der Waals surface area contributed by atoms with E-state index in [9.17, 15) is 4.79 Å². The molecule has 0 spiro atoms. The molecular weight excluding hydrogens is 188 g/mol. The third-order valence-corrected chi connectivity index (χ3v) is 2.77. The van der Waals surface area contributed by atoms with Crippen LogP contribution in [0.15, 0.2) is 23.0 Å². The van der Waals surface area contributed by atoms with Gasteiger partial charge in [0.15, 0.2) is 0 Å². The molecule has 0 atom stereocenters. The molecule has 0 aliphatic rings. The topological polar surface area (TPSA) is 37.8 Å². The summed E-state index contributed by atoms with van der Waals surface area (Å²) < 4.78 is 1.64. The number of hydrogen-bond donors (Lipinski definition) is 1. The Balaban J connectivity index is 2.75. The Morgan fingerprint density at radius 1 is 1.27 bits per heavy atom. The first-order chi connectivity index (χ1) is 6.89. The van der Waals surface area contributed by atoms with E-state index < -0.39 is 0 Å². The van der Waals surface area contributed by atoms with Crippen LogP contribution in [0.25, 0.3) is 11.0 Å². The maximum Gasteiger partial charge on any atom is 0.326 e. The van der Waals surface area contributed by atoms with Crippen LogP contribution in [-0.2, 0) is 12.5 Å². The average molecular weight is 204 g/mol. The predicted molar refractivity (Wildman–Crippen MR) is 62.2 cm³/mol. The van der Waals surface area contributed by atoms with Crippen LogP contribution in [0.5, 0.6) is 0 Å². The molecule has 2 aromatic rings. The van der Waals surface area contributed by atoms with Gasteiger partial charge in [-0.1, -0.05) is 26.8 Å². The monoisotopic (exact) mass is 204 g/mol. The lowest BCUT2D eigenvalue weighted by molar-refractivity contribution is 0.591. The van der Waals surface area contributed by atoms with Crippen molar-refractivity contribution >= 4 is 11.0 Å². The molecule has 0 amide bonds. The minimum absolute atomic E-state index is 0.0592. The molecular formula is C12H16N2O. The van der Waals surface area contributed by atoms with Gasteiger partial charge in [0.25, 0.3) is 0 Å². The van der Waals surface area contributed by atoms with E-state index in [2.05, 4.69) is 37.9 Å². The minimum atomic E-state index is -0.0592. The number of aromatic amines is 1. The first-order valence-electron chi connectivity index (χ1n) is 5.09. The molecule has 15 heavy (non-hydrogen) atoms. The van der Waals surface area contributed by atoms with Crippen LogP contribution in [0.4, 0.5) is 0 Å². The van der Waals surface area contributed by atoms with Gasteiger partial charge in [0, 0.05) is 7.05 Å². The van der Waals surface area contributed by atoms with E-state index in [-0.39, 0.29) is 11.1 Å². The van der Waals surface area contributed by atoms with Crippen LogP contribution in [0, 0.1) is 0 Å². The molecule has 0 saturated heterocycles. The molecule has 1 heterocycles. The summed E-state index contributed by atoms with van der Waals surface area (Å²) in [6.07, 6.45) is 0. The Morgan fingerprint density at radius 2 is 1.93 bits per heavy atom. The van der Waals surface area contributed by atoms with Crippen LogP contribution >= 0.6 is 0 Å². The normalized spacial score (nSPS) is 12.3. The van der Waals surface area contributed by atoms with Gasteiger partial charge in [-0.2, -0.15) is 0 Å². The lowest BCUT2D eigenvalue weighted by Crippen LogP contribution is -2.13. The van der Waals surface area contributed by atoms with Gasteiger partial charge in [-0.05, 0) is 23.1 Å². The van der Waals surface area contributed by atoms with E-state index >= 15 is 0 Å². The van der Waals surface area contributed by atoms with E-state index in [0.29, 0.717) is 0 Å². The summed E-state index contributed by atoms with van der Waals surface area (Å²) in [6, 6.07) is 6.11. The number of nitrogens with zero attached hydrogens (tertiary/aromatic N) is 1. The van der Waals surface area contributed by atoms with E-state index in [1.54, 1.807) is 11.6 Å². The van der Waals surface area contributed by atoms with Crippen molar-refractivity contribution in [1.82, 2.24) is 9.55 Å². The summed E-state index contributed by atoms with van der Waals surface area (Å²) in [5.41, 5.74) is 3.16. The standard InChI is InChI=1S/C12H16N2O/c1-12(2,3)8-5-6-9-10(7-8)14(4)11(15)13-9/h5-7H,1-4H3,(H,13,15). The molecule has 1 aromatic carbocycles. The maximum atomic E-state index is 11.4. The second-order valence-corrected chi connectivity index (χ2v) is 4.97. The van der Waals surface area contributed by atoms with Gasteiger partial charge in [-0.15, -0.1) is 0 Å². The van der Waals surface area contributed by atoms with Gasteiger partial charge in [0.1, 0.15) is 0 Å². The molecule has 0 unspecified atom stereocenters. The fraction of sp³-hybridized carbons (Fsp3) is 0.417. The number of aryl methyl sites for hydroxylation is 1. The summed E-state index contributed by atoms with van der Waals surface area (Å²) >= 11 is 0. The second-order valence-electron chi connectivity index (χ2n) is 4.97. The predicted octanol–water partition coefficient (Wildman–Crippen LogP) is 2.16. The molecule has 2 rings (SSSR count). The molecule has 1 N–H and O–H groups in total. The highest BCUT2D eigenvalue weighted by Gasteiger charge is 2.15. The van der Waals surface area contributed by atoms with Crippen molar-refractivity contribution in [2.24, 2.45) is 7.05 Å². The average Bonchev–Trinajstić information content (AvgIpc) is 2.41. The van der Waals surface area contributed by atoms with Crippen molar-refractivity contribution in [3.63, 3.8) is 0 Å². The minimum Gasteiger partial charge on any atom is -0.306 e. The summed E-state index contributed by atoms with van der Waals surface area (Å²) in [7, 11) is 1.79. The number of H-pyrrole nitrogens is 1. The highest BCUT2D eigenvalue weighted by Crippen LogP contribution is 2.24. The van der Waals surface area contributed by atoms with Gasteiger partial charge in [-0.3, -0.25) is 4.57 Å². The quantitative estimate of drug-likeness (QED) is 0.701. The summed E-state index contributed by atoms with van der Waals surface area (Å²) in [5, 5.41) is 0. The van der Waals surface area contributed by atoms with Crippen LogP contribution in [0.1, 0.15) is 26.3 Å². The van der Waals surface area contributed by atoms with Crippen LogP contribution in [-0.4, -0.2) is 9.55 Å². The molecule has 0 bridgehead atoms. The second kappa shape index (κ2) is 2.99. The largest absolute Gasteiger partial charge is 0.326 e. The molecule has 0 radical (unpaired) electrons. The third-order valence-electron chi connectivity index (χ3n) is 2.77. The van der Waals surface area contributed by atoms with Crippen molar-refractivity contribution in [3.8, 4) is 0 Å². The smallest absolute Gasteiger partial charge is 0.306 e. The van der Waals surface area contributed by atoms with Gasteiger partial charge < -0.3 is 4.98 Å². The molecule has 3 nitrogen and oxygen atoms in total. The molecule has 1 aromatic heterocycles. The highest BCUT2D eigenvalue weighted by atomic mass is 16.1. The zero-order valence-corrected chi connectivity index (χ0v) is 9.59. The summed E-state index contributed by atoms with van der Waals surface area (Å²) in [4.78, 5) is 14.2. The zero-order valence-electron chi connectivity index (χ0n) is 9.59. The van der Waals surface area contributed by atoms with Gasteiger partial charge in [0.2, 0.25) is 0 Å². The van der Waals surface area contributed by atoms with E-state index in [0.717, 1.165) is 11.0 Å². The molecule has 80 valence electrons. The van der Waals surface area contributed by atoms with Gasteiger partial charge in [0.05, 0.1) is 11.0 Å². The maximum absolute atomic E-state index is 11.4. The van der Waals surface area contributed by atoms with E-state index in [1.807, 2.05) is 6.07 Å². The van der Waals surface area contributed by atoms with Crippen LogP contribution < -0.4 is 5.69 Å². The fourth-order valence-electron chi connectivity index (χ4n) is 1.69. The fourth-order valence-corrected chi connectivity index (χ4v) is 1.69. The lowest BCUT2D eigenvalue weighted by atomic mass is 9.87. The van der Waals surface area contributed by atoms with Gasteiger partial charge >= 0.3 is 5.69 Å². The SMILES string of the molecule is Cn1c(=O)[nH]c2ccc(C(C)(C)C)cc21. The number of nitrogens with one attached hydrogen (secondary N) is 1. The Labute approximate surface area is 88.7 Å². The first-order valence-corrected chi connectivity index (χ1v) is 5.09. The van der Waals surface area contributed by atoms with Crippen molar-refractivity contribution in [3.05, 3.63) is 34.2 Å². The van der Waals surface area contributed by atoms with Crippen LogP contribution in [0.3, 0.4) is 0 Å². The van der Waals surface area contributed by atoms with Crippen molar-refractivity contribution in [1.29, 1.82) is 0 Å². The number of fused-ring (bicyclic) bond motifs is 1. The zero-order chi connectivity index (χ0) is 11.2. The van der Waals surface area contributed by atoms with Gasteiger partial charge in [-0.25, -0.2) is 4.79 Å². The molecule has 3 heteroatoms. The lowest BCUT2D eigenvalue weighted by Gasteiger charge is -2.18. The Hall–Kier alpha value is -1.51. The Morgan fingerprint density at radius 3 is 2.53 bits per heavy atom. The van der Waals surface area contributed by atoms with Crippen molar-refractivity contribution in [2.45, 2.75) is 26.2 Å².